The largest absolute Gasteiger partial charge is 0.380 e. The van der Waals surface area contributed by atoms with Gasteiger partial charge in [0.25, 0.3) is 0 Å². The molecule has 1 atom stereocenters. The SMILES string of the molecule is CCOCCNC(=O)[C@H]1CCCNC1. The Bertz CT molecular complexity index is 168. The summed E-state index contributed by atoms with van der Waals surface area (Å²) in [5.41, 5.74) is 0. The molecule has 1 saturated heterocycles. The Hall–Kier alpha value is -0.610. The molecule has 0 aliphatic carbocycles. The number of carbonyl (C=O) groups is 1. The third kappa shape index (κ3) is 4.07. The van der Waals surface area contributed by atoms with E-state index in [9.17, 15) is 4.79 Å². The molecule has 0 radical (unpaired) electrons. The second-order valence-corrected chi connectivity index (χ2v) is 3.53. The van der Waals surface area contributed by atoms with Gasteiger partial charge in [0.2, 0.25) is 5.91 Å². The molecule has 1 aliphatic rings. The minimum atomic E-state index is 0.158. The highest BCUT2D eigenvalue weighted by Crippen LogP contribution is 2.09. The normalized spacial score (nSPS) is 21.9. The molecule has 14 heavy (non-hydrogen) atoms. The molecule has 4 nitrogen and oxygen atoms in total. The van der Waals surface area contributed by atoms with E-state index in [1.54, 1.807) is 0 Å². The van der Waals surface area contributed by atoms with Crippen LogP contribution < -0.4 is 10.6 Å². The molecule has 1 rings (SSSR count). The lowest BCUT2D eigenvalue weighted by Gasteiger charge is -2.21. The Balaban J connectivity index is 2.07. The van der Waals surface area contributed by atoms with Gasteiger partial charge in [-0.05, 0) is 26.3 Å². The number of rotatable bonds is 5. The molecule has 4 heteroatoms. The van der Waals surface area contributed by atoms with Crippen LogP contribution in [0.1, 0.15) is 19.8 Å². The Kier molecular flexibility index (Phi) is 5.56. The molecule has 1 heterocycles. The van der Waals surface area contributed by atoms with Crippen LogP contribution in [-0.2, 0) is 9.53 Å². The Labute approximate surface area is 85.4 Å². The smallest absolute Gasteiger partial charge is 0.224 e. The van der Waals surface area contributed by atoms with E-state index in [4.69, 9.17) is 4.74 Å². The van der Waals surface area contributed by atoms with Crippen molar-refractivity contribution in [1.29, 1.82) is 0 Å². The van der Waals surface area contributed by atoms with Crippen LogP contribution in [0.3, 0.4) is 0 Å². The van der Waals surface area contributed by atoms with Crippen LogP contribution in [0.25, 0.3) is 0 Å². The highest BCUT2D eigenvalue weighted by atomic mass is 16.5. The fourth-order valence-corrected chi connectivity index (χ4v) is 1.61. The lowest BCUT2D eigenvalue weighted by molar-refractivity contribution is -0.125. The predicted octanol–water partition coefficient (Wildman–Crippen LogP) is 0.139. The molecule has 1 aliphatic heterocycles. The van der Waals surface area contributed by atoms with Crippen molar-refractivity contribution in [2.75, 3.05) is 32.8 Å². The second kappa shape index (κ2) is 6.79. The molecule has 0 spiro atoms. The van der Waals surface area contributed by atoms with Gasteiger partial charge in [-0.3, -0.25) is 4.79 Å². The van der Waals surface area contributed by atoms with Gasteiger partial charge in [0.1, 0.15) is 0 Å². The van der Waals surface area contributed by atoms with Crippen molar-refractivity contribution in [3.05, 3.63) is 0 Å². The summed E-state index contributed by atoms with van der Waals surface area (Å²) in [7, 11) is 0. The molecule has 0 saturated carbocycles. The van der Waals surface area contributed by atoms with Crippen LogP contribution in [0.15, 0.2) is 0 Å². The Morgan fingerprint density at radius 2 is 2.50 bits per heavy atom. The summed E-state index contributed by atoms with van der Waals surface area (Å²) in [6, 6.07) is 0. The number of ether oxygens (including phenoxy) is 1. The van der Waals surface area contributed by atoms with E-state index in [0.29, 0.717) is 19.8 Å². The molecule has 2 N–H and O–H groups in total. The summed E-state index contributed by atoms with van der Waals surface area (Å²) in [4.78, 5) is 11.6. The van der Waals surface area contributed by atoms with E-state index in [-0.39, 0.29) is 11.8 Å². The van der Waals surface area contributed by atoms with Crippen LogP contribution in [-0.4, -0.2) is 38.8 Å². The molecule has 0 unspecified atom stereocenters. The van der Waals surface area contributed by atoms with E-state index < -0.39 is 0 Å². The number of hydrogen-bond acceptors (Lipinski definition) is 3. The molecule has 0 aromatic heterocycles. The second-order valence-electron chi connectivity index (χ2n) is 3.53. The molecule has 1 fully saturated rings. The van der Waals surface area contributed by atoms with Crippen molar-refractivity contribution in [1.82, 2.24) is 10.6 Å². The maximum absolute atomic E-state index is 11.6. The first-order valence-electron chi connectivity index (χ1n) is 5.40. The van der Waals surface area contributed by atoms with Crippen LogP contribution in [0.5, 0.6) is 0 Å². The molecular formula is C10H20N2O2. The number of hydrogen-bond donors (Lipinski definition) is 2. The number of amides is 1. The summed E-state index contributed by atoms with van der Waals surface area (Å²) < 4.78 is 5.14. The molecular weight excluding hydrogens is 180 g/mol. The van der Waals surface area contributed by atoms with Crippen molar-refractivity contribution in [2.45, 2.75) is 19.8 Å². The Morgan fingerprint density at radius 1 is 1.64 bits per heavy atom. The zero-order chi connectivity index (χ0) is 10.2. The third-order valence-corrected chi connectivity index (χ3v) is 2.42. The number of nitrogens with one attached hydrogen (secondary N) is 2. The summed E-state index contributed by atoms with van der Waals surface area (Å²) in [6.07, 6.45) is 2.11. The summed E-state index contributed by atoms with van der Waals surface area (Å²) in [6.45, 7) is 5.77. The summed E-state index contributed by atoms with van der Waals surface area (Å²) >= 11 is 0. The van der Waals surface area contributed by atoms with Gasteiger partial charge in [0, 0.05) is 19.7 Å². The Morgan fingerprint density at radius 3 is 3.14 bits per heavy atom. The van der Waals surface area contributed by atoms with Gasteiger partial charge in [-0.15, -0.1) is 0 Å². The highest BCUT2D eigenvalue weighted by molar-refractivity contribution is 5.78. The zero-order valence-electron chi connectivity index (χ0n) is 8.84. The van der Waals surface area contributed by atoms with Crippen LogP contribution >= 0.6 is 0 Å². The van der Waals surface area contributed by atoms with Crippen molar-refractivity contribution in [3.63, 3.8) is 0 Å². The van der Waals surface area contributed by atoms with Crippen LogP contribution in [0.4, 0.5) is 0 Å². The summed E-state index contributed by atoms with van der Waals surface area (Å²) in [5.74, 6) is 0.322. The maximum atomic E-state index is 11.6. The van der Waals surface area contributed by atoms with Gasteiger partial charge in [0.15, 0.2) is 0 Å². The number of piperidine rings is 1. The van der Waals surface area contributed by atoms with E-state index in [1.807, 2.05) is 6.92 Å². The molecule has 82 valence electrons. The minimum absolute atomic E-state index is 0.158. The van der Waals surface area contributed by atoms with Gasteiger partial charge in [-0.1, -0.05) is 0 Å². The quantitative estimate of drug-likeness (QED) is 0.621. The first-order chi connectivity index (χ1) is 6.84. The predicted molar refractivity (Wildman–Crippen MR) is 55.1 cm³/mol. The number of carbonyl (C=O) groups excluding carboxylic acids is 1. The third-order valence-electron chi connectivity index (χ3n) is 2.42. The van der Waals surface area contributed by atoms with Crippen LogP contribution in [0, 0.1) is 5.92 Å². The van der Waals surface area contributed by atoms with E-state index in [0.717, 1.165) is 25.9 Å². The van der Waals surface area contributed by atoms with E-state index in [2.05, 4.69) is 10.6 Å². The maximum Gasteiger partial charge on any atom is 0.224 e. The van der Waals surface area contributed by atoms with E-state index >= 15 is 0 Å². The van der Waals surface area contributed by atoms with Crippen LogP contribution in [0.2, 0.25) is 0 Å². The highest BCUT2D eigenvalue weighted by Gasteiger charge is 2.19. The summed E-state index contributed by atoms with van der Waals surface area (Å²) in [5, 5.41) is 6.11. The fraction of sp³-hybridized carbons (Fsp3) is 0.900. The minimum Gasteiger partial charge on any atom is -0.380 e. The molecule has 1 amide bonds. The fourth-order valence-electron chi connectivity index (χ4n) is 1.61. The topological polar surface area (TPSA) is 50.4 Å². The monoisotopic (exact) mass is 200 g/mol. The zero-order valence-corrected chi connectivity index (χ0v) is 8.84. The lowest BCUT2D eigenvalue weighted by Crippen LogP contribution is -2.41. The van der Waals surface area contributed by atoms with Gasteiger partial charge >= 0.3 is 0 Å². The van der Waals surface area contributed by atoms with Crippen molar-refractivity contribution >= 4 is 5.91 Å². The van der Waals surface area contributed by atoms with Gasteiger partial charge in [-0.2, -0.15) is 0 Å². The standard InChI is InChI=1S/C10H20N2O2/c1-2-14-7-6-12-10(13)9-4-3-5-11-8-9/h9,11H,2-8H2,1H3,(H,12,13)/t9-/m0/s1. The average molecular weight is 200 g/mol. The average Bonchev–Trinajstić information content (AvgIpc) is 2.25. The molecule has 0 aromatic rings. The first-order valence-corrected chi connectivity index (χ1v) is 5.40. The first kappa shape index (κ1) is 11.5. The van der Waals surface area contributed by atoms with Gasteiger partial charge < -0.3 is 15.4 Å². The van der Waals surface area contributed by atoms with Gasteiger partial charge in [-0.25, -0.2) is 0 Å². The lowest BCUT2D eigenvalue weighted by atomic mass is 9.99. The van der Waals surface area contributed by atoms with E-state index in [1.165, 1.54) is 0 Å². The van der Waals surface area contributed by atoms with Crippen molar-refractivity contribution < 1.29 is 9.53 Å². The van der Waals surface area contributed by atoms with Gasteiger partial charge in [0.05, 0.1) is 12.5 Å². The van der Waals surface area contributed by atoms with Crippen molar-refractivity contribution in [2.24, 2.45) is 5.92 Å². The van der Waals surface area contributed by atoms with Crippen molar-refractivity contribution in [3.8, 4) is 0 Å². The molecule has 0 aromatic carbocycles. The molecule has 0 bridgehead atoms.